The lowest BCUT2D eigenvalue weighted by molar-refractivity contribution is -0.118. The fourth-order valence-corrected chi connectivity index (χ4v) is 7.68. The molecule has 1 aliphatic heterocycles. The first-order chi connectivity index (χ1) is 18.6. The van der Waals surface area contributed by atoms with E-state index >= 15 is 0 Å². The van der Waals surface area contributed by atoms with Crippen LogP contribution in [0, 0.1) is 30.6 Å². The van der Waals surface area contributed by atoms with Gasteiger partial charge in [-0.05, 0) is 49.4 Å². The maximum atomic E-state index is 13.6. The molecule has 0 radical (unpaired) electrons. The molecule has 0 bridgehead atoms. The summed E-state index contributed by atoms with van der Waals surface area (Å²) in [4.78, 5) is 29.9. The molecule has 5 rings (SSSR count). The van der Waals surface area contributed by atoms with E-state index in [4.69, 9.17) is 5.73 Å². The van der Waals surface area contributed by atoms with Crippen molar-refractivity contribution in [3.8, 4) is 6.07 Å². The van der Waals surface area contributed by atoms with Gasteiger partial charge in [0.2, 0.25) is 11.0 Å². The average molecular weight is 577 g/mol. The van der Waals surface area contributed by atoms with Gasteiger partial charge in [-0.25, -0.2) is 0 Å². The zero-order valence-electron chi connectivity index (χ0n) is 22.1. The highest BCUT2D eigenvalue weighted by Gasteiger charge is 2.45. The number of benzene rings is 1. The van der Waals surface area contributed by atoms with E-state index in [-0.39, 0.29) is 28.7 Å². The Kier molecular flexibility index (Phi) is 7.37. The SMILES string of the molecule is Cc1ccc(C2C(C#N)=C(N)N(c3nnc(SCC(=O)Nc4ccccc4C)s3)C3=C2C(=O)CC(C)(C)C3)s1. The molecule has 1 amide bonds. The molecule has 8 nitrogen and oxygen atoms in total. The van der Waals surface area contributed by atoms with Crippen LogP contribution in [0.15, 0.2) is 63.4 Å². The Balaban J connectivity index is 1.46. The van der Waals surface area contributed by atoms with Crippen LogP contribution in [0.25, 0.3) is 0 Å². The molecule has 1 atom stereocenters. The number of thioether (sulfide) groups is 1. The number of anilines is 2. The maximum Gasteiger partial charge on any atom is 0.234 e. The number of rotatable bonds is 6. The van der Waals surface area contributed by atoms with Gasteiger partial charge < -0.3 is 11.1 Å². The van der Waals surface area contributed by atoms with E-state index in [2.05, 4.69) is 35.4 Å². The van der Waals surface area contributed by atoms with E-state index in [0.29, 0.717) is 33.5 Å². The molecule has 0 saturated carbocycles. The second-order valence-electron chi connectivity index (χ2n) is 10.4. The Labute approximate surface area is 239 Å². The molecular weight excluding hydrogens is 549 g/mol. The fourth-order valence-electron chi connectivity index (χ4n) is 5.00. The monoisotopic (exact) mass is 576 g/mol. The van der Waals surface area contributed by atoms with E-state index in [1.165, 1.54) is 23.1 Å². The number of carbonyl (C=O) groups is 2. The van der Waals surface area contributed by atoms with E-state index < -0.39 is 5.92 Å². The summed E-state index contributed by atoms with van der Waals surface area (Å²) in [5, 5.41) is 22.3. The number of hydrogen-bond acceptors (Lipinski definition) is 10. The van der Waals surface area contributed by atoms with Gasteiger partial charge in [-0.2, -0.15) is 5.26 Å². The molecular formula is C28H28N6O2S3. The summed E-state index contributed by atoms with van der Waals surface area (Å²) in [6.07, 6.45) is 1.00. The first kappa shape index (κ1) is 27.1. The van der Waals surface area contributed by atoms with Gasteiger partial charge in [-0.3, -0.25) is 14.5 Å². The van der Waals surface area contributed by atoms with Gasteiger partial charge in [0, 0.05) is 33.1 Å². The Morgan fingerprint density at radius 1 is 1.21 bits per heavy atom. The van der Waals surface area contributed by atoms with E-state index in [1.807, 2.05) is 50.2 Å². The number of nitriles is 1. The molecule has 0 fully saturated rings. The largest absolute Gasteiger partial charge is 0.384 e. The molecule has 2 aliphatic rings. The first-order valence-corrected chi connectivity index (χ1v) is 15.0. The number of amides is 1. The third-order valence-electron chi connectivity index (χ3n) is 6.76. The van der Waals surface area contributed by atoms with Gasteiger partial charge in [0.1, 0.15) is 5.82 Å². The number of nitrogens with one attached hydrogen (secondary N) is 1. The van der Waals surface area contributed by atoms with Crippen molar-refractivity contribution in [3.05, 3.63) is 74.4 Å². The number of aryl methyl sites for hydroxylation is 2. The molecule has 3 N–H and O–H groups in total. The molecule has 2 aromatic heterocycles. The van der Waals surface area contributed by atoms with Crippen LogP contribution in [0.3, 0.4) is 0 Å². The van der Waals surface area contributed by atoms with E-state index in [0.717, 1.165) is 26.7 Å². The molecule has 1 aliphatic carbocycles. The number of Topliss-reactive ketones (excluding diaryl/α,β-unsaturated/α-hetero) is 1. The summed E-state index contributed by atoms with van der Waals surface area (Å²) in [6, 6.07) is 13.9. The Morgan fingerprint density at radius 3 is 2.67 bits per heavy atom. The van der Waals surface area contributed by atoms with Crippen LogP contribution in [-0.2, 0) is 9.59 Å². The molecule has 1 unspecified atom stereocenters. The Morgan fingerprint density at radius 2 is 1.97 bits per heavy atom. The first-order valence-electron chi connectivity index (χ1n) is 12.4. The number of aromatic nitrogens is 2. The summed E-state index contributed by atoms with van der Waals surface area (Å²) < 4.78 is 0.593. The van der Waals surface area contributed by atoms with Gasteiger partial charge in [0.05, 0.1) is 23.3 Å². The van der Waals surface area contributed by atoms with Gasteiger partial charge in [-0.1, -0.05) is 55.1 Å². The number of nitrogens with zero attached hydrogens (tertiary/aromatic N) is 4. The quantitative estimate of drug-likeness (QED) is 0.348. The van der Waals surface area contributed by atoms with E-state index in [9.17, 15) is 14.9 Å². The van der Waals surface area contributed by atoms with Crippen LogP contribution < -0.4 is 16.0 Å². The van der Waals surface area contributed by atoms with Crippen LogP contribution >= 0.6 is 34.4 Å². The van der Waals surface area contributed by atoms with E-state index in [1.54, 1.807) is 16.2 Å². The van der Waals surface area contributed by atoms with Crippen molar-refractivity contribution in [2.45, 2.75) is 50.8 Å². The average Bonchev–Trinajstić information content (AvgIpc) is 3.51. The number of ketones is 1. The summed E-state index contributed by atoms with van der Waals surface area (Å²) in [6.45, 7) is 8.07. The summed E-state index contributed by atoms with van der Waals surface area (Å²) in [5.41, 5.74) is 9.89. The van der Waals surface area contributed by atoms with Crippen LogP contribution in [0.4, 0.5) is 10.8 Å². The molecule has 39 heavy (non-hydrogen) atoms. The number of para-hydroxylation sites is 1. The molecule has 200 valence electrons. The van der Waals surface area contributed by atoms with Crippen LogP contribution in [0.1, 0.15) is 47.9 Å². The Hall–Kier alpha value is -3.46. The van der Waals surface area contributed by atoms with Crippen LogP contribution in [0.5, 0.6) is 0 Å². The Bertz CT molecular complexity index is 1580. The van der Waals surface area contributed by atoms with Crippen LogP contribution in [0.2, 0.25) is 0 Å². The third kappa shape index (κ3) is 5.37. The standard InChI is InChI=1S/C28H28N6O2S3/c1-15-7-5-6-8-18(15)31-22(36)14-37-27-33-32-26(39-27)34-19-11-28(3,4)12-20(35)24(19)23(17(13-29)25(34)30)21-10-9-16(2)38-21/h5-10,23H,11-12,14,30H2,1-4H3,(H,31,36). The van der Waals surface area contributed by atoms with Crippen molar-refractivity contribution in [1.29, 1.82) is 5.26 Å². The van der Waals surface area contributed by atoms with Gasteiger partial charge in [0.25, 0.3) is 0 Å². The zero-order chi connectivity index (χ0) is 27.9. The highest BCUT2D eigenvalue weighted by Crippen LogP contribution is 2.51. The second kappa shape index (κ2) is 10.6. The lowest BCUT2D eigenvalue weighted by Gasteiger charge is -2.42. The molecule has 11 heteroatoms. The minimum atomic E-state index is -0.490. The summed E-state index contributed by atoms with van der Waals surface area (Å²) >= 11 is 4.14. The fraction of sp³-hybridized carbons (Fsp3) is 0.321. The highest BCUT2D eigenvalue weighted by molar-refractivity contribution is 8.01. The number of nitrogens with two attached hydrogens (primary N) is 1. The number of carbonyl (C=O) groups excluding carboxylic acids is 2. The smallest absolute Gasteiger partial charge is 0.234 e. The highest BCUT2D eigenvalue weighted by atomic mass is 32.2. The molecule has 3 heterocycles. The second-order valence-corrected chi connectivity index (χ2v) is 13.9. The van der Waals surface area contributed by atoms with Crippen molar-refractivity contribution in [1.82, 2.24) is 10.2 Å². The lowest BCUT2D eigenvalue weighted by Crippen LogP contribution is -2.42. The summed E-state index contributed by atoms with van der Waals surface area (Å²) in [5.74, 6) is -0.182. The zero-order valence-corrected chi connectivity index (χ0v) is 24.5. The van der Waals surface area contributed by atoms with Crippen molar-refractivity contribution in [3.63, 3.8) is 0 Å². The predicted octanol–water partition coefficient (Wildman–Crippen LogP) is 5.89. The maximum absolute atomic E-state index is 13.6. The van der Waals surface area contributed by atoms with Crippen molar-refractivity contribution in [2.75, 3.05) is 16.0 Å². The minimum absolute atomic E-state index is 0.0227. The molecule has 1 aromatic carbocycles. The third-order valence-corrected chi connectivity index (χ3v) is 9.87. The number of thiophene rings is 1. The number of hydrogen-bond donors (Lipinski definition) is 2. The van der Waals surface area contributed by atoms with Gasteiger partial charge in [-0.15, -0.1) is 21.5 Å². The lowest BCUT2D eigenvalue weighted by atomic mass is 9.70. The van der Waals surface area contributed by atoms with Crippen molar-refractivity contribution < 1.29 is 9.59 Å². The van der Waals surface area contributed by atoms with Gasteiger partial charge >= 0.3 is 0 Å². The molecule has 0 saturated heterocycles. The summed E-state index contributed by atoms with van der Waals surface area (Å²) in [7, 11) is 0. The normalized spacial score (nSPS) is 18.7. The predicted molar refractivity (Wildman–Crippen MR) is 157 cm³/mol. The van der Waals surface area contributed by atoms with Crippen LogP contribution in [-0.4, -0.2) is 27.6 Å². The van der Waals surface area contributed by atoms with Gasteiger partial charge in [0.15, 0.2) is 10.1 Å². The topological polar surface area (TPSA) is 125 Å². The van der Waals surface area contributed by atoms with Crippen molar-refractivity contribution in [2.24, 2.45) is 11.1 Å². The minimum Gasteiger partial charge on any atom is -0.384 e. The van der Waals surface area contributed by atoms with Crippen molar-refractivity contribution >= 4 is 56.9 Å². The number of allylic oxidation sites excluding steroid dienone is 3. The molecule has 3 aromatic rings. The molecule has 0 spiro atoms.